The third-order valence-electron chi connectivity index (χ3n) is 3.77. The van der Waals surface area contributed by atoms with Crippen molar-refractivity contribution in [3.05, 3.63) is 68.4 Å². The molecule has 0 amide bonds. The van der Waals surface area contributed by atoms with Gasteiger partial charge in [0.25, 0.3) is 0 Å². The molecule has 0 spiro atoms. The Morgan fingerprint density at radius 3 is 2.81 bits per heavy atom. The number of cyclic esters (lactones) is 1. The van der Waals surface area contributed by atoms with Gasteiger partial charge in [0.15, 0.2) is 12.3 Å². The lowest BCUT2D eigenvalue weighted by Gasteiger charge is -2.05. The van der Waals surface area contributed by atoms with Crippen LogP contribution in [0.3, 0.4) is 0 Å². The quantitative estimate of drug-likeness (QED) is 0.375. The molecule has 2 aromatic carbocycles. The minimum Gasteiger partial charge on any atom is -0.482 e. The Labute approximate surface area is 170 Å². The second-order valence-electron chi connectivity index (χ2n) is 5.74. The van der Waals surface area contributed by atoms with E-state index in [9.17, 15) is 9.59 Å². The van der Waals surface area contributed by atoms with Gasteiger partial charge >= 0.3 is 11.9 Å². The van der Waals surface area contributed by atoms with E-state index < -0.39 is 11.9 Å². The van der Waals surface area contributed by atoms with Gasteiger partial charge in [-0.2, -0.15) is 0 Å². The molecule has 1 heterocycles. The summed E-state index contributed by atoms with van der Waals surface area (Å²) in [5.74, 6) is -0.218. The summed E-state index contributed by atoms with van der Waals surface area (Å²) in [7, 11) is 1.29. The van der Waals surface area contributed by atoms with Crippen molar-refractivity contribution in [2.24, 2.45) is 4.99 Å². The Morgan fingerprint density at radius 2 is 2.07 bits per heavy atom. The van der Waals surface area contributed by atoms with Gasteiger partial charge in [-0.05, 0) is 77.0 Å². The van der Waals surface area contributed by atoms with Gasteiger partial charge in [0.2, 0.25) is 5.90 Å². The highest BCUT2D eigenvalue weighted by Crippen LogP contribution is 2.22. The van der Waals surface area contributed by atoms with E-state index >= 15 is 0 Å². The summed E-state index contributed by atoms with van der Waals surface area (Å²) < 4.78 is 16.3. The zero-order valence-corrected chi connectivity index (χ0v) is 16.8. The maximum atomic E-state index is 12.2. The van der Waals surface area contributed by atoms with E-state index in [4.69, 9.17) is 9.47 Å². The highest BCUT2D eigenvalue weighted by atomic mass is 127. The Morgan fingerprint density at radius 1 is 1.26 bits per heavy atom. The number of rotatable bonds is 5. The van der Waals surface area contributed by atoms with E-state index in [0.29, 0.717) is 11.3 Å². The molecule has 0 atom stereocenters. The van der Waals surface area contributed by atoms with Crippen molar-refractivity contribution in [2.75, 3.05) is 13.7 Å². The number of hydrogen-bond acceptors (Lipinski definition) is 6. The van der Waals surface area contributed by atoms with Crippen molar-refractivity contribution in [3.8, 4) is 5.75 Å². The fourth-order valence-corrected chi connectivity index (χ4v) is 2.70. The topological polar surface area (TPSA) is 74.2 Å². The van der Waals surface area contributed by atoms with Crippen LogP contribution in [0.15, 0.2) is 53.2 Å². The van der Waals surface area contributed by atoms with Crippen molar-refractivity contribution >= 4 is 46.5 Å². The molecule has 0 unspecified atom stereocenters. The molecule has 0 saturated heterocycles. The Balaban J connectivity index is 1.82. The molecule has 0 aliphatic carbocycles. The molecule has 138 valence electrons. The van der Waals surface area contributed by atoms with Crippen LogP contribution in [0, 0.1) is 10.5 Å². The monoisotopic (exact) mass is 477 g/mol. The van der Waals surface area contributed by atoms with Gasteiger partial charge in [-0.1, -0.05) is 12.1 Å². The van der Waals surface area contributed by atoms with Crippen molar-refractivity contribution in [1.29, 1.82) is 0 Å². The number of nitrogens with zero attached hydrogens (tertiary/aromatic N) is 1. The number of carbonyl (C=O) groups is 2. The van der Waals surface area contributed by atoms with Gasteiger partial charge in [0, 0.05) is 9.13 Å². The summed E-state index contributed by atoms with van der Waals surface area (Å²) in [6.07, 6.45) is 1.61. The van der Waals surface area contributed by atoms with Crippen LogP contribution < -0.4 is 4.74 Å². The summed E-state index contributed by atoms with van der Waals surface area (Å²) >= 11 is 2.24. The first-order valence-corrected chi connectivity index (χ1v) is 9.13. The maximum absolute atomic E-state index is 12.2. The molecule has 0 aromatic heterocycles. The first-order valence-electron chi connectivity index (χ1n) is 8.05. The number of methoxy groups -OCH3 is 1. The summed E-state index contributed by atoms with van der Waals surface area (Å²) in [6.45, 7) is 1.80. The molecule has 1 aliphatic heterocycles. The van der Waals surface area contributed by atoms with Crippen LogP contribution in [0.1, 0.15) is 16.7 Å². The number of ether oxygens (including phenoxy) is 3. The second-order valence-corrected chi connectivity index (χ2v) is 6.90. The van der Waals surface area contributed by atoms with Crippen LogP contribution in [0.5, 0.6) is 5.75 Å². The molecule has 6 nitrogen and oxygen atoms in total. The summed E-state index contributed by atoms with van der Waals surface area (Å²) in [5, 5.41) is 0. The largest absolute Gasteiger partial charge is 0.482 e. The first-order chi connectivity index (χ1) is 13.0. The van der Waals surface area contributed by atoms with Crippen LogP contribution in [-0.4, -0.2) is 31.6 Å². The Hall–Kier alpha value is -2.68. The molecule has 0 radical (unpaired) electrons. The average Bonchev–Trinajstić information content (AvgIpc) is 3.02. The fraction of sp³-hybridized carbons (Fsp3) is 0.150. The summed E-state index contributed by atoms with van der Waals surface area (Å²) in [6, 6.07) is 12.7. The molecule has 0 N–H and O–H groups in total. The number of esters is 2. The normalized spacial score (nSPS) is 14.7. The van der Waals surface area contributed by atoms with Crippen LogP contribution in [0.2, 0.25) is 0 Å². The molecule has 0 saturated carbocycles. The van der Waals surface area contributed by atoms with Crippen molar-refractivity contribution in [1.82, 2.24) is 0 Å². The van der Waals surface area contributed by atoms with E-state index in [2.05, 4.69) is 32.3 Å². The number of benzene rings is 2. The van der Waals surface area contributed by atoms with Gasteiger partial charge in [0.1, 0.15) is 5.75 Å². The summed E-state index contributed by atoms with van der Waals surface area (Å²) in [4.78, 5) is 27.6. The number of halogens is 1. The number of carbonyl (C=O) groups excluding carboxylic acids is 2. The van der Waals surface area contributed by atoms with Gasteiger partial charge in [0.05, 0.1) is 7.11 Å². The van der Waals surface area contributed by atoms with Gasteiger partial charge in [-0.15, -0.1) is 0 Å². The van der Waals surface area contributed by atoms with E-state index in [1.165, 1.54) is 7.11 Å². The molecule has 2 aromatic rings. The molecule has 0 bridgehead atoms. The Bertz CT molecular complexity index is 965. The average molecular weight is 477 g/mol. The number of aryl methyl sites for hydroxylation is 1. The zero-order chi connectivity index (χ0) is 19.4. The van der Waals surface area contributed by atoms with Gasteiger partial charge in [-0.3, -0.25) is 0 Å². The lowest BCUT2D eigenvalue weighted by atomic mass is 10.1. The predicted octanol–water partition coefficient (Wildman–Crippen LogP) is 3.50. The highest BCUT2D eigenvalue weighted by molar-refractivity contribution is 14.1. The molecule has 0 fully saturated rings. The molecule has 1 aliphatic rings. The van der Waals surface area contributed by atoms with E-state index in [1.807, 2.05) is 25.1 Å². The number of hydrogen-bond donors (Lipinski definition) is 0. The molecule has 3 rings (SSSR count). The lowest BCUT2D eigenvalue weighted by Crippen LogP contribution is -2.12. The van der Waals surface area contributed by atoms with Crippen LogP contribution >= 0.6 is 22.6 Å². The van der Waals surface area contributed by atoms with Crippen molar-refractivity contribution < 1.29 is 23.8 Å². The van der Waals surface area contributed by atoms with Crippen LogP contribution in [-0.2, 0) is 19.1 Å². The summed E-state index contributed by atoms with van der Waals surface area (Å²) in [5.41, 5.74) is 2.74. The van der Waals surface area contributed by atoms with Crippen molar-refractivity contribution in [2.45, 2.75) is 6.92 Å². The van der Waals surface area contributed by atoms with Crippen molar-refractivity contribution in [3.63, 3.8) is 0 Å². The van der Waals surface area contributed by atoms with Gasteiger partial charge in [-0.25, -0.2) is 14.6 Å². The lowest BCUT2D eigenvalue weighted by molar-refractivity contribution is -0.142. The zero-order valence-electron chi connectivity index (χ0n) is 14.7. The van der Waals surface area contributed by atoms with E-state index in [1.54, 1.807) is 30.3 Å². The third kappa shape index (κ3) is 4.73. The van der Waals surface area contributed by atoms with Gasteiger partial charge < -0.3 is 14.2 Å². The minimum atomic E-state index is -0.512. The van der Waals surface area contributed by atoms with Crippen LogP contribution in [0.25, 0.3) is 6.08 Å². The minimum absolute atomic E-state index is 0.187. The van der Waals surface area contributed by atoms with E-state index in [-0.39, 0.29) is 18.2 Å². The maximum Gasteiger partial charge on any atom is 0.363 e. The first kappa shape index (κ1) is 19.1. The standard InChI is InChI=1S/C20H16INO5/c1-12-8-14(6-7-16(12)21)19-22-17(20(24)27-19)10-13-4-3-5-15(9-13)26-11-18(23)25-2/h3-10H,11H2,1-2H3/b17-10-. The number of aliphatic imine (C=N–C) groups is 1. The molecule has 27 heavy (non-hydrogen) atoms. The fourth-order valence-electron chi connectivity index (χ4n) is 2.36. The van der Waals surface area contributed by atoms with E-state index in [0.717, 1.165) is 14.7 Å². The molecular formula is C20H16INO5. The third-order valence-corrected chi connectivity index (χ3v) is 4.98. The second kappa shape index (κ2) is 8.34. The molecular weight excluding hydrogens is 461 g/mol. The highest BCUT2D eigenvalue weighted by Gasteiger charge is 2.24. The van der Waals surface area contributed by atoms with Crippen LogP contribution in [0.4, 0.5) is 0 Å². The predicted molar refractivity (Wildman–Crippen MR) is 108 cm³/mol. The SMILES string of the molecule is COC(=O)COc1cccc(/C=C2\N=C(c3ccc(I)c(C)c3)OC2=O)c1. The molecule has 7 heteroatoms. The Kier molecular flexibility index (Phi) is 5.90. The smallest absolute Gasteiger partial charge is 0.363 e.